The Labute approximate surface area is 583 Å². The predicted octanol–water partition coefficient (Wildman–Crippen LogP) is 21.7. The van der Waals surface area contributed by atoms with Crippen LogP contribution in [0.25, 0.3) is 0 Å². The first kappa shape index (κ1) is 92.5. The number of aliphatic hydroxyl groups excluding tert-OH is 1. The fourth-order valence-corrected chi connectivity index (χ4v) is 11.9. The SMILES string of the molecule is CC/C=C\C/C=C\C/C=C\C/C=C\CCCCCCC(=O)OCC(COP(=O)(O)OCC(O)COP(=O)(O)OCC(COC(=O)CCCCCCCCCCCCCCCCC)OC(=O)CCCCCCC/C=C\CCCCCC)OC(=O)CCCCCCC/C=C\CCCC. The molecule has 5 atom stereocenters. The fraction of sp³-hybridized carbons (Fsp3) is 0.792. The zero-order valence-electron chi connectivity index (χ0n) is 60.8. The maximum Gasteiger partial charge on any atom is 0.472 e. The van der Waals surface area contributed by atoms with Crippen molar-refractivity contribution in [3.8, 4) is 0 Å². The highest BCUT2D eigenvalue weighted by atomic mass is 31.2. The van der Waals surface area contributed by atoms with Gasteiger partial charge in [0.05, 0.1) is 26.4 Å². The van der Waals surface area contributed by atoms with Crippen LogP contribution in [-0.2, 0) is 65.4 Å². The van der Waals surface area contributed by atoms with Gasteiger partial charge < -0.3 is 33.8 Å². The first-order chi connectivity index (χ1) is 46.7. The summed E-state index contributed by atoms with van der Waals surface area (Å²) in [6, 6.07) is 0. The Bertz CT molecular complexity index is 2110. The number of phosphoric acid groups is 2. The molecule has 0 amide bonds. The summed E-state index contributed by atoms with van der Waals surface area (Å²) in [6.45, 7) is 4.70. The third-order valence-electron chi connectivity index (χ3n) is 16.2. The number of carbonyl (C=O) groups is 4. The number of aliphatic hydroxyl groups is 1. The Balaban J connectivity index is 5.31. The van der Waals surface area contributed by atoms with E-state index in [9.17, 15) is 43.2 Å². The molecule has 0 aromatic carbocycles. The number of unbranched alkanes of at least 4 members (excludes halogenated alkanes) is 34. The molecule has 0 aliphatic heterocycles. The molecule has 0 aliphatic rings. The number of phosphoric ester groups is 2. The lowest BCUT2D eigenvalue weighted by atomic mass is 10.0. The predicted molar refractivity (Wildman–Crippen MR) is 390 cm³/mol. The zero-order chi connectivity index (χ0) is 70.4. The number of carbonyl (C=O) groups excluding carboxylic acids is 4. The molecule has 96 heavy (non-hydrogen) atoms. The largest absolute Gasteiger partial charge is 0.472 e. The maximum absolute atomic E-state index is 13.1. The molecule has 19 heteroatoms. The molecule has 0 saturated carbocycles. The van der Waals surface area contributed by atoms with Gasteiger partial charge in [-0.15, -0.1) is 0 Å². The lowest BCUT2D eigenvalue weighted by molar-refractivity contribution is -0.161. The van der Waals surface area contributed by atoms with Gasteiger partial charge in [-0.25, -0.2) is 9.13 Å². The van der Waals surface area contributed by atoms with E-state index >= 15 is 0 Å². The standard InChI is InChI=1S/C77H138O17P2/c1-5-9-13-17-21-25-29-32-34-35-37-40-43-46-50-54-58-62-75(80)87-67-72(93-76(81)63-59-55-51-47-41-28-24-20-16-12-8-4)69-91-95(83,84)89-65-71(78)66-90-96(85,86)92-70-73(94-77(82)64-60-56-52-48-44-38-31-27-23-19-15-11-7-3)68-88-74(79)61-57-53-49-45-42-39-36-33-30-26-22-18-14-10-6-2/h9,13,20-21,24-25,27,31-32,34,37,40,71-73,78H,5-8,10-12,14-19,22-23,26,28-30,33,35-36,38-39,41-70H2,1-4H3,(H,83,84)(H,85,86)/b13-9-,24-20-,25-21-,31-27-,34-32-,40-37-. The van der Waals surface area contributed by atoms with E-state index in [1.54, 1.807) is 0 Å². The van der Waals surface area contributed by atoms with Crippen LogP contribution >= 0.6 is 15.6 Å². The molecule has 0 spiro atoms. The molecule has 0 aromatic heterocycles. The van der Waals surface area contributed by atoms with Gasteiger partial charge in [0.15, 0.2) is 12.2 Å². The van der Waals surface area contributed by atoms with Crippen molar-refractivity contribution in [2.45, 2.75) is 354 Å². The van der Waals surface area contributed by atoms with Crippen molar-refractivity contribution in [1.29, 1.82) is 0 Å². The number of allylic oxidation sites excluding steroid dienone is 12. The van der Waals surface area contributed by atoms with E-state index in [1.165, 1.54) is 109 Å². The van der Waals surface area contributed by atoms with Crippen LogP contribution in [0.15, 0.2) is 72.9 Å². The molecule has 0 fully saturated rings. The van der Waals surface area contributed by atoms with E-state index in [1.807, 2.05) is 0 Å². The molecule has 3 N–H and O–H groups in total. The Morgan fingerprint density at radius 2 is 0.552 bits per heavy atom. The summed E-state index contributed by atoms with van der Waals surface area (Å²) in [5, 5.41) is 10.6. The topological polar surface area (TPSA) is 237 Å². The molecule has 0 aromatic rings. The third-order valence-corrected chi connectivity index (χ3v) is 18.1. The summed E-state index contributed by atoms with van der Waals surface area (Å²) in [5.74, 6) is -2.20. The van der Waals surface area contributed by atoms with Gasteiger partial charge in [0, 0.05) is 25.7 Å². The first-order valence-corrected chi connectivity index (χ1v) is 41.2. The van der Waals surface area contributed by atoms with E-state index in [-0.39, 0.29) is 25.7 Å². The van der Waals surface area contributed by atoms with Gasteiger partial charge in [-0.1, -0.05) is 274 Å². The second-order valence-corrected chi connectivity index (χ2v) is 28.5. The van der Waals surface area contributed by atoms with E-state index in [4.69, 9.17) is 37.0 Å². The molecule has 0 rings (SSSR count). The molecule has 0 bridgehead atoms. The molecule has 0 saturated heterocycles. The van der Waals surface area contributed by atoms with E-state index < -0.39 is 97.5 Å². The Hall–Kier alpha value is -3.50. The molecular weight excluding hydrogens is 1260 g/mol. The Morgan fingerprint density at radius 1 is 0.302 bits per heavy atom. The fourth-order valence-electron chi connectivity index (χ4n) is 10.3. The summed E-state index contributed by atoms with van der Waals surface area (Å²) >= 11 is 0. The van der Waals surface area contributed by atoms with Crippen molar-refractivity contribution in [1.82, 2.24) is 0 Å². The monoisotopic (exact) mass is 1400 g/mol. The normalized spacial score (nSPS) is 14.4. The number of rotatable bonds is 72. The minimum absolute atomic E-state index is 0.0805. The molecule has 0 aliphatic carbocycles. The van der Waals surface area contributed by atoms with Gasteiger partial charge in [-0.2, -0.15) is 0 Å². The minimum Gasteiger partial charge on any atom is -0.462 e. The minimum atomic E-state index is -4.97. The molecule has 5 unspecified atom stereocenters. The van der Waals surface area contributed by atoms with Crippen molar-refractivity contribution in [2.24, 2.45) is 0 Å². The van der Waals surface area contributed by atoms with Gasteiger partial charge in [-0.3, -0.25) is 37.3 Å². The number of hydrogen-bond acceptors (Lipinski definition) is 15. The van der Waals surface area contributed by atoms with Gasteiger partial charge in [0.25, 0.3) is 0 Å². The van der Waals surface area contributed by atoms with Crippen LogP contribution in [0, 0.1) is 0 Å². The van der Waals surface area contributed by atoms with Crippen molar-refractivity contribution < 1.29 is 80.2 Å². The second kappa shape index (κ2) is 70.0. The number of esters is 4. The summed E-state index contributed by atoms with van der Waals surface area (Å²) in [5.41, 5.74) is 0. The molecular formula is C77H138O17P2. The van der Waals surface area contributed by atoms with Crippen molar-refractivity contribution in [3.63, 3.8) is 0 Å². The third kappa shape index (κ3) is 69.0. The van der Waals surface area contributed by atoms with Crippen LogP contribution in [0.1, 0.15) is 336 Å². The van der Waals surface area contributed by atoms with Gasteiger partial charge >= 0.3 is 39.5 Å². The summed E-state index contributed by atoms with van der Waals surface area (Å²) in [4.78, 5) is 72.8. The van der Waals surface area contributed by atoms with Gasteiger partial charge in [0.1, 0.15) is 19.3 Å². The quantitative estimate of drug-likeness (QED) is 0.0169. The van der Waals surface area contributed by atoms with Crippen molar-refractivity contribution >= 4 is 39.5 Å². The van der Waals surface area contributed by atoms with Crippen LogP contribution < -0.4 is 0 Å². The number of hydrogen-bond donors (Lipinski definition) is 3. The number of ether oxygens (including phenoxy) is 4. The average Bonchev–Trinajstić information content (AvgIpc) is 1.13. The van der Waals surface area contributed by atoms with Gasteiger partial charge in [-0.05, 0) is 109 Å². The Kier molecular flexibility index (Phi) is 67.4. The maximum atomic E-state index is 13.1. The highest BCUT2D eigenvalue weighted by Crippen LogP contribution is 2.45. The lowest BCUT2D eigenvalue weighted by Crippen LogP contribution is -2.30. The van der Waals surface area contributed by atoms with Crippen LogP contribution in [-0.4, -0.2) is 96.7 Å². The van der Waals surface area contributed by atoms with Gasteiger partial charge in [0.2, 0.25) is 0 Å². The molecule has 558 valence electrons. The summed E-state index contributed by atoms with van der Waals surface area (Å²) < 4.78 is 68.4. The lowest BCUT2D eigenvalue weighted by Gasteiger charge is -2.21. The average molecular weight is 1400 g/mol. The van der Waals surface area contributed by atoms with Crippen LogP contribution in [0.5, 0.6) is 0 Å². The smallest absolute Gasteiger partial charge is 0.462 e. The van der Waals surface area contributed by atoms with Crippen LogP contribution in [0.4, 0.5) is 0 Å². The highest BCUT2D eigenvalue weighted by molar-refractivity contribution is 7.47. The van der Waals surface area contributed by atoms with E-state index in [2.05, 4.69) is 101 Å². The van der Waals surface area contributed by atoms with Crippen LogP contribution in [0.2, 0.25) is 0 Å². The van der Waals surface area contributed by atoms with E-state index in [0.717, 1.165) is 148 Å². The molecule has 17 nitrogen and oxygen atoms in total. The first-order valence-electron chi connectivity index (χ1n) is 38.2. The van der Waals surface area contributed by atoms with Crippen LogP contribution in [0.3, 0.4) is 0 Å². The van der Waals surface area contributed by atoms with Crippen molar-refractivity contribution in [2.75, 3.05) is 39.6 Å². The van der Waals surface area contributed by atoms with E-state index in [0.29, 0.717) is 25.7 Å². The summed E-state index contributed by atoms with van der Waals surface area (Å²) in [6.07, 6.45) is 69.0. The Morgan fingerprint density at radius 3 is 0.885 bits per heavy atom. The molecule has 0 heterocycles. The molecule has 0 radical (unpaired) electrons. The highest BCUT2D eigenvalue weighted by Gasteiger charge is 2.30. The van der Waals surface area contributed by atoms with Crippen molar-refractivity contribution in [3.05, 3.63) is 72.9 Å². The zero-order valence-corrected chi connectivity index (χ0v) is 62.6. The summed E-state index contributed by atoms with van der Waals surface area (Å²) in [7, 11) is -9.94. The second-order valence-electron chi connectivity index (χ2n) is 25.6.